The van der Waals surface area contributed by atoms with Crippen molar-refractivity contribution in [3.63, 3.8) is 0 Å². The van der Waals surface area contributed by atoms with E-state index in [1.54, 1.807) is 13.8 Å². The van der Waals surface area contributed by atoms with Crippen LogP contribution in [0.5, 0.6) is 0 Å². The number of halogens is 3. The summed E-state index contributed by atoms with van der Waals surface area (Å²) in [5, 5.41) is 18.9. The molecule has 0 spiro atoms. The Labute approximate surface area is 144 Å². The van der Waals surface area contributed by atoms with E-state index in [0.717, 1.165) is 12.1 Å². The van der Waals surface area contributed by atoms with Crippen molar-refractivity contribution in [1.82, 2.24) is 4.98 Å². The fraction of sp³-hybridized carbons (Fsp3) is 0.438. The van der Waals surface area contributed by atoms with Crippen LogP contribution >= 0.6 is 0 Å². The fourth-order valence-electron chi connectivity index (χ4n) is 3.09. The molecule has 0 bridgehead atoms. The van der Waals surface area contributed by atoms with Gasteiger partial charge in [0.2, 0.25) is 0 Å². The second kappa shape index (κ2) is 6.44. The Kier molecular flexibility index (Phi) is 5.01. The van der Waals surface area contributed by atoms with Crippen molar-refractivity contribution >= 4 is 22.0 Å². The first-order valence-electron chi connectivity index (χ1n) is 7.39. The van der Waals surface area contributed by atoms with Crippen molar-refractivity contribution in [3.8, 4) is 6.07 Å². The van der Waals surface area contributed by atoms with E-state index >= 15 is 0 Å². The predicted molar refractivity (Wildman–Crippen MR) is 85.3 cm³/mol. The standard InChI is InChI=1S/C16H17F3N2O3S/c1-4-13(25(23)24)15(3,22)14-8(2)10-5-9(7-20)11(16(17,18)19)6-12(10)21-14/h5-6,13,21-22H,4H2,1-3H3,(H,23,24)/p-1. The smallest absolute Gasteiger partial charge is 0.417 e. The molecular formula is C16H16F3N2O3S-. The van der Waals surface area contributed by atoms with Crippen molar-refractivity contribution < 1.29 is 27.0 Å². The monoisotopic (exact) mass is 373 g/mol. The van der Waals surface area contributed by atoms with Crippen LogP contribution < -0.4 is 0 Å². The molecule has 2 rings (SSSR count). The molecule has 1 heterocycles. The van der Waals surface area contributed by atoms with Gasteiger partial charge in [-0.2, -0.15) is 18.4 Å². The largest absolute Gasteiger partial charge is 0.772 e. The average Bonchev–Trinajstić information content (AvgIpc) is 2.82. The number of rotatable bonds is 4. The van der Waals surface area contributed by atoms with Crippen LogP contribution in [0.4, 0.5) is 13.2 Å². The number of nitriles is 1. The fourth-order valence-corrected chi connectivity index (χ4v) is 3.86. The first-order valence-corrected chi connectivity index (χ1v) is 8.53. The third kappa shape index (κ3) is 3.29. The Balaban J connectivity index is 2.75. The molecule has 2 N–H and O–H groups in total. The quantitative estimate of drug-likeness (QED) is 0.804. The first-order chi connectivity index (χ1) is 11.4. The van der Waals surface area contributed by atoms with Gasteiger partial charge < -0.3 is 14.6 Å². The lowest BCUT2D eigenvalue weighted by molar-refractivity contribution is -0.137. The Hall–Kier alpha value is -1.89. The van der Waals surface area contributed by atoms with Gasteiger partial charge in [0.25, 0.3) is 0 Å². The highest BCUT2D eigenvalue weighted by atomic mass is 32.2. The van der Waals surface area contributed by atoms with Crippen LogP contribution in [0.15, 0.2) is 12.1 Å². The number of nitrogens with one attached hydrogen (secondary N) is 1. The van der Waals surface area contributed by atoms with Gasteiger partial charge in [-0.05, 0) is 49.0 Å². The van der Waals surface area contributed by atoms with Crippen LogP contribution in [0.2, 0.25) is 0 Å². The Morgan fingerprint density at radius 1 is 1.44 bits per heavy atom. The number of hydrogen-bond acceptors (Lipinski definition) is 4. The van der Waals surface area contributed by atoms with E-state index in [4.69, 9.17) is 5.26 Å². The number of aliphatic hydroxyl groups is 1. The normalized spacial score (nSPS) is 17.1. The number of H-pyrrole nitrogens is 1. The Morgan fingerprint density at radius 2 is 2.04 bits per heavy atom. The third-order valence-corrected chi connectivity index (χ3v) is 5.62. The van der Waals surface area contributed by atoms with E-state index in [9.17, 15) is 27.0 Å². The van der Waals surface area contributed by atoms with Gasteiger partial charge in [0.05, 0.1) is 28.1 Å². The van der Waals surface area contributed by atoms with Crippen LogP contribution in [0.1, 0.15) is 42.7 Å². The van der Waals surface area contributed by atoms with Crippen LogP contribution in [0.25, 0.3) is 10.9 Å². The van der Waals surface area contributed by atoms with E-state index in [1.165, 1.54) is 13.0 Å². The minimum Gasteiger partial charge on any atom is -0.772 e. The molecule has 1 aromatic carbocycles. The van der Waals surface area contributed by atoms with Gasteiger partial charge in [-0.15, -0.1) is 0 Å². The Bertz CT molecular complexity index is 881. The summed E-state index contributed by atoms with van der Waals surface area (Å²) in [4.78, 5) is 2.70. The maximum Gasteiger partial charge on any atom is 0.417 e. The molecule has 0 aliphatic rings. The molecule has 0 radical (unpaired) electrons. The number of hydrogen-bond donors (Lipinski definition) is 2. The summed E-state index contributed by atoms with van der Waals surface area (Å²) in [6.07, 6.45) is -4.58. The van der Waals surface area contributed by atoms with Crippen molar-refractivity contribution in [2.75, 3.05) is 0 Å². The molecule has 3 unspecified atom stereocenters. The molecule has 0 saturated heterocycles. The zero-order valence-corrected chi connectivity index (χ0v) is 14.5. The first kappa shape index (κ1) is 19.4. The number of nitrogens with zero attached hydrogens (tertiary/aromatic N) is 1. The summed E-state index contributed by atoms with van der Waals surface area (Å²) in [5.74, 6) is 0. The number of aryl methyl sites for hydroxylation is 1. The van der Waals surface area contributed by atoms with Crippen molar-refractivity contribution in [3.05, 3.63) is 34.5 Å². The van der Waals surface area contributed by atoms with Crippen LogP contribution in [-0.2, 0) is 22.9 Å². The minimum atomic E-state index is -4.70. The van der Waals surface area contributed by atoms with E-state index in [2.05, 4.69) is 4.98 Å². The van der Waals surface area contributed by atoms with E-state index in [-0.39, 0.29) is 17.6 Å². The minimum absolute atomic E-state index is 0.0747. The summed E-state index contributed by atoms with van der Waals surface area (Å²) in [5.41, 5.74) is -2.86. The molecule has 0 saturated carbocycles. The number of benzene rings is 1. The molecule has 3 atom stereocenters. The number of aromatic nitrogens is 1. The van der Waals surface area contributed by atoms with Gasteiger partial charge in [0, 0.05) is 10.9 Å². The second-order valence-corrected chi connectivity index (χ2v) is 7.07. The summed E-state index contributed by atoms with van der Waals surface area (Å²) in [6.45, 7) is 4.44. The molecule has 0 amide bonds. The van der Waals surface area contributed by atoms with Crippen LogP contribution in [-0.4, -0.2) is 24.1 Å². The topological polar surface area (TPSA) is 99.9 Å². The Morgan fingerprint density at radius 3 is 2.48 bits per heavy atom. The molecule has 5 nitrogen and oxygen atoms in total. The molecule has 2 aromatic rings. The molecule has 136 valence electrons. The highest BCUT2D eigenvalue weighted by Crippen LogP contribution is 2.39. The van der Waals surface area contributed by atoms with Gasteiger partial charge in [-0.3, -0.25) is 4.21 Å². The van der Waals surface area contributed by atoms with Gasteiger partial charge in [-0.25, -0.2) is 0 Å². The predicted octanol–water partition coefficient (Wildman–Crippen LogP) is 3.23. The van der Waals surface area contributed by atoms with Gasteiger partial charge in [0.15, 0.2) is 0 Å². The van der Waals surface area contributed by atoms with E-state index < -0.39 is 39.2 Å². The van der Waals surface area contributed by atoms with Gasteiger partial charge in [0.1, 0.15) is 5.60 Å². The molecule has 0 aliphatic heterocycles. The zero-order valence-electron chi connectivity index (χ0n) is 13.7. The lowest BCUT2D eigenvalue weighted by Crippen LogP contribution is -2.40. The number of alkyl halides is 3. The molecule has 25 heavy (non-hydrogen) atoms. The summed E-state index contributed by atoms with van der Waals surface area (Å²) in [7, 11) is 0. The molecule has 9 heteroatoms. The third-order valence-electron chi connectivity index (χ3n) is 4.36. The van der Waals surface area contributed by atoms with Crippen LogP contribution in [0, 0.1) is 18.3 Å². The number of fused-ring (bicyclic) bond motifs is 1. The van der Waals surface area contributed by atoms with Gasteiger partial charge in [-0.1, -0.05) is 6.92 Å². The SMILES string of the molecule is CCC(S(=O)[O-])C(C)(O)c1[nH]c2cc(C(F)(F)F)c(C#N)cc2c1C. The molecule has 1 aromatic heterocycles. The maximum atomic E-state index is 13.1. The van der Waals surface area contributed by atoms with E-state index in [0.29, 0.717) is 10.9 Å². The van der Waals surface area contributed by atoms with E-state index in [1.807, 2.05) is 0 Å². The molecule has 0 fully saturated rings. The van der Waals surface area contributed by atoms with Crippen molar-refractivity contribution in [1.29, 1.82) is 5.26 Å². The molecular weight excluding hydrogens is 357 g/mol. The van der Waals surface area contributed by atoms with Crippen molar-refractivity contribution in [2.24, 2.45) is 0 Å². The van der Waals surface area contributed by atoms with Gasteiger partial charge >= 0.3 is 6.18 Å². The average molecular weight is 373 g/mol. The zero-order chi connectivity index (χ0) is 19.2. The van der Waals surface area contributed by atoms with Crippen LogP contribution in [0.3, 0.4) is 0 Å². The summed E-state index contributed by atoms with van der Waals surface area (Å²) >= 11 is -2.58. The summed E-state index contributed by atoms with van der Waals surface area (Å²) < 4.78 is 62.1. The highest BCUT2D eigenvalue weighted by molar-refractivity contribution is 7.79. The number of aromatic amines is 1. The second-order valence-electron chi connectivity index (χ2n) is 5.98. The summed E-state index contributed by atoms with van der Waals surface area (Å²) in [6, 6.07) is 3.42. The maximum absolute atomic E-state index is 13.1. The lowest BCUT2D eigenvalue weighted by Gasteiger charge is -2.33. The molecule has 0 aliphatic carbocycles. The van der Waals surface area contributed by atoms with Crippen molar-refractivity contribution in [2.45, 2.75) is 44.2 Å². The highest BCUT2D eigenvalue weighted by Gasteiger charge is 2.38. The lowest BCUT2D eigenvalue weighted by atomic mass is 9.92.